The molecule has 0 bridgehead atoms. The lowest BCUT2D eigenvalue weighted by atomic mass is 9.80. The van der Waals surface area contributed by atoms with Crippen molar-refractivity contribution < 1.29 is 9.59 Å². The van der Waals surface area contributed by atoms with Crippen LogP contribution in [0, 0.1) is 0 Å². The van der Waals surface area contributed by atoms with Crippen LogP contribution < -0.4 is 0 Å². The van der Waals surface area contributed by atoms with Gasteiger partial charge in [-0.05, 0) is 70.8 Å². The average Bonchev–Trinajstić information content (AvgIpc) is 3.68. The molecule has 3 heterocycles. The molecule has 1 fully saturated rings. The minimum absolute atomic E-state index is 0.00584. The van der Waals surface area contributed by atoms with Crippen molar-refractivity contribution in [2.24, 2.45) is 0 Å². The Balaban J connectivity index is 1.31. The molecule has 2 aromatic heterocycles. The quantitative estimate of drug-likeness (QED) is 0.291. The number of amides is 1. The first-order chi connectivity index (χ1) is 19.6. The van der Waals surface area contributed by atoms with E-state index < -0.39 is 6.04 Å². The highest BCUT2D eigenvalue weighted by Crippen LogP contribution is 2.34. The van der Waals surface area contributed by atoms with E-state index in [1.54, 1.807) is 35.5 Å². The van der Waals surface area contributed by atoms with Crippen LogP contribution in [0.25, 0.3) is 22.8 Å². The van der Waals surface area contributed by atoms with Crippen LogP contribution in [0.3, 0.4) is 0 Å². The second kappa shape index (κ2) is 11.2. The molecule has 5 aromatic rings. The number of hydrogen-bond donors (Lipinski definition) is 1. The minimum atomic E-state index is -0.593. The highest BCUT2D eigenvalue weighted by atomic mass is 35.5. The number of nitrogens with zero attached hydrogens (tertiary/aromatic N) is 6. The van der Waals surface area contributed by atoms with E-state index in [1.807, 2.05) is 48.5 Å². The molecule has 1 amide bonds. The number of H-pyrrole nitrogens is 1. The Morgan fingerprint density at radius 1 is 1.07 bits per heavy atom. The fraction of sp³-hybridized carbons (Fsp3) is 0.200. The lowest BCUT2D eigenvalue weighted by Crippen LogP contribution is -2.51. The third-order valence-corrected chi connectivity index (χ3v) is 7.56. The van der Waals surface area contributed by atoms with Crippen molar-refractivity contribution in [2.45, 2.75) is 31.2 Å². The predicted molar refractivity (Wildman–Crippen MR) is 152 cm³/mol. The van der Waals surface area contributed by atoms with Crippen molar-refractivity contribution in [1.82, 2.24) is 35.1 Å². The Morgan fingerprint density at radius 2 is 1.95 bits per heavy atom. The summed E-state index contributed by atoms with van der Waals surface area (Å²) in [4.78, 5) is 36.8. The number of carbonyl (C=O) groups is 2. The maximum atomic E-state index is 14.0. The van der Waals surface area contributed by atoms with Gasteiger partial charge in [0.2, 0.25) is 5.91 Å². The standard InChI is InChI=1S/C30H26ClN7O2/c31-23-10-12-27(38-19-34-35-36-38)22(17-23)9-13-29(40)37-14-4-7-24(21-5-2-1-3-6-21)30(37)28(39)16-20-8-11-25-26(15-20)33-18-32-25/h1-3,5-6,8-13,15,17-19,24,30H,4,7,14,16H2,(H,32,33)/b13-9+. The normalized spacial score (nSPS) is 17.5. The first-order valence-electron chi connectivity index (χ1n) is 13.1. The molecule has 3 aromatic carbocycles. The van der Waals surface area contributed by atoms with Gasteiger partial charge in [-0.2, -0.15) is 4.68 Å². The van der Waals surface area contributed by atoms with Crippen molar-refractivity contribution in [1.29, 1.82) is 0 Å². The van der Waals surface area contributed by atoms with E-state index in [0.717, 1.165) is 35.0 Å². The van der Waals surface area contributed by atoms with Crippen LogP contribution in [0.2, 0.25) is 5.02 Å². The Labute approximate surface area is 235 Å². The third kappa shape index (κ3) is 5.28. The van der Waals surface area contributed by atoms with Gasteiger partial charge in [0.1, 0.15) is 6.33 Å². The number of tetrazole rings is 1. The summed E-state index contributed by atoms with van der Waals surface area (Å²) in [5.41, 5.74) is 5.03. The zero-order valence-corrected chi connectivity index (χ0v) is 22.3. The van der Waals surface area contributed by atoms with Gasteiger partial charge in [0.05, 0.1) is 29.1 Å². The van der Waals surface area contributed by atoms with Crippen molar-refractivity contribution in [3.63, 3.8) is 0 Å². The van der Waals surface area contributed by atoms with Gasteiger partial charge in [0.25, 0.3) is 0 Å². The molecular weight excluding hydrogens is 526 g/mol. The van der Waals surface area contributed by atoms with E-state index in [1.165, 1.54) is 17.1 Å². The Morgan fingerprint density at radius 3 is 2.77 bits per heavy atom. The van der Waals surface area contributed by atoms with E-state index in [9.17, 15) is 9.59 Å². The van der Waals surface area contributed by atoms with E-state index in [2.05, 4.69) is 25.5 Å². The number of ketones is 1. The highest BCUT2D eigenvalue weighted by Gasteiger charge is 2.39. The molecular formula is C30H26ClN7O2. The molecule has 2 atom stereocenters. The van der Waals surface area contributed by atoms with Crippen LogP contribution in [0.5, 0.6) is 0 Å². The monoisotopic (exact) mass is 551 g/mol. The van der Waals surface area contributed by atoms with Gasteiger partial charge in [-0.1, -0.05) is 48.0 Å². The van der Waals surface area contributed by atoms with E-state index in [-0.39, 0.29) is 24.0 Å². The first-order valence-corrected chi connectivity index (χ1v) is 13.5. The van der Waals surface area contributed by atoms with Crippen molar-refractivity contribution in [3.8, 4) is 5.69 Å². The second-order valence-corrected chi connectivity index (χ2v) is 10.3. The predicted octanol–water partition coefficient (Wildman–Crippen LogP) is 4.79. The van der Waals surface area contributed by atoms with Gasteiger partial charge < -0.3 is 9.88 Å². The number of aromatic amines is 1. The molecule has 200 valence electrons. The van der Waals surface area contributed by atoms with Crippen molar-refractivity contribution >= 4 is 40.4 Å². The summed E-state index contributed by atoms with van der Waals surface area (Å²) in [7, 11) is 0. The summed E-state index contributed by atoms with van der Waals surface area (Å²) in [5.74, 6) is -0.324. The van der Waals surface area contributed by atoms with Gasteiger partial charge in [0, 0.05) is 35.5 Å². The lowest BCUT2D eigenvalue weighted by molar-refractivity contribution is -0.138. The Bertz CT molecular complexity index is 1680. The maximum absolute atomic E-state index is 14.0. The molecule has 40 heavy (non-hydrogen) atoms. The Hall–Kier alpha value is -4.63. The maximum Gasteiger partial charge on any atom is 0.247 e. The zero-order valence-electron chi connectivity index (χ0n) is 21.5. The van der Waals surface area contributed by atoms with Gasteiger partial charge in [-0.25, -0.2) is 4.98 Å². The molecule has 0 aliphatic carbocycles. The number of piperidine rings is 1. The summed E-state index contributed by atoms with van der Waals surface area (Å²) in [5, 5.41) is 11.9. The molecule has 1 aliphatic rings. The van der Waals surface area contributed by atoms with Gasteiger partial charge in [-0.15, -0.1) is 5.10 Å². The second-order valence-electron chi connectivity index (χ2n) is 9.82. The summed E-state index contributed by atoms with van der Waals surface area (Å²) in [6.07, 6.45) is 8.16. The van der Waals surface area contributed by atoms with Crippen LogP contribution in [0.4, 0.5) is 0 Å². The summed E-state index contributed by atoms with van der Waals surface area (Å²) >= 11 is 6.26. The largest absolute Gasteiger partial charge is 0.345 e. The molecule has 6 rings (SSSR count). The molecule has 1 N–H and O–H groups in total. The van der Waals surface area contributed by atoms with Gasteiger partial charge >= 0.3 is 0 Å². The number of likely N-dealkylation sites (tertiary alicyclic amines) is 1. The summed E-state index contributed by atoms with van der Waals surface area (Å²) < 4.78 is 1.51. The number of carbonyl (C=O) groups excluding carboxylic acids is 2. The first kappa shape index (κ1) is 25.6. The lowest BCUT2D eigenvalue weighted by Gasteiger charge is -2.40. The molecule has 1 aliphatic heterocycles. The Kier molecular flexibility index (Phi) is 7.20. The number of halogens is 1. The van der Waals surface area contributed by atoms with Crippen LogP contribution >= 0.6 is 11.6 Å². The minimum Gasteiger partial charge on any atom is -0.345 e. The van der Waals surface area contributed by atoms with E-state index in [4.69, 9.17) is 11.6 Å². The molecule has 9 nitrogen and oxygen atoms in total. The number of rotatable bonds is 7. The average molecular weight is 552 g/mol. The van der Waals surface area contributed by atoms with Crippen LogP contribution in [0.1, 0.15) is 35.4 Å². The topological polar surface area (TPSA) is 110 Å². The zero-order chi connectivity index (χ0) is 27.5. The SMILES string of the molecule is O=C(Cc1ccc2nc[nH]c2c1)C1C(c2ccccc2)CCCN1C(=O)/C=C/c1cc(Cl)ccc1-n1cnnn1. The fourth-order valence-corrected chi connectivity index (χ4v) is 5.67. The fourth-order valence-electron chi connectivity index (χ4n) is 5.48. The van der Waals surface area contributed by atoms with Gasteiger partial charge in [-0.3, -0.25) is 9.59 Å². The molecule has 0 saturated carbocycles. The number of aromatic nitrogens is 6. The number of fused-ring (bicyclic) bond motifs is 1. The van der Waals surface area contributed by atoms with E-state index in [0.29, 0.717) is 22.8 Å². The number of benzene rings is 3. The third-order valence-electron chi connectivity index (χ3n) is 7.33. The van der Waals surface area contributed by atoms with Crippen LogP contribution in [-0.4, -0.2) is 59.4 Å². The van der Waals surface area contributed by atoms with Crippen molar-refractivity contribution in [3.05, 3.63) is 107 Å². The number of nitrogens with one attached hydrogen (secondary N) is 1. The molecule has 10 heteroatoms. The molecule has 0 spiro atoms. The smallest absolute Gasteiger partial charge is 0.247 e. The van der Waals surface area contributed by atoms with E-state index >= 15 is 0 Å². The molecule has 0 radical (unpaired) electrons. The van der Waals surface area contributed by atoms with Crippen LogP contribution in [0.15, 0.2) is 85.5 Å². The van der Waals surface area contributed by atoms with Gasteiger partial charge in [0.15, 0.2) is 5.78 Å². The molecule has 1 saturated heterocycles. The summed E-state index contributed by atoms with van der Waals surface area (Å²) in [6.45, 7) is 0.498. The summed E-state index contributed by atoms with van der Waals surface area (Å²) in [6, 6.07) is 20.5. The van der Waals surface area contributed by atoms with Crippen LogP contribution in [-0.2, 0) is 16.0 Å². The number of Topliss-reactive ketones (excluding diaryl/α,β-unsaturated/α-hetero) is 1. The number of imidazole rings is 1. The highest BCUT2D eigenvalue weighted by molar-refractivity contribution is 6.30. The van der Waals surface area contributed by atoms with Crippen molar-refractivity contribution in [2.75, 3.05) is 6.54 Å². The molecule has 2 unspecified atom stereocenters. The number of hydrogen-bond acceptors (Lipinski definition) is 6.